The van der Waals surface area contributed by atoms with Crippen LogP contribution in [0.4, 0.5) is 16.2 Å². The zero-order chi connectivity index (χ0) is 28.4. The Morgan fingerprint density at radius 2 is 1.66 bits per heavy atom. The number of non-ortho nitro benzene ring substituents is 1. The van der Waals surface area contributed by atoms with E-state index in [0.717, 1.165) is 15.2 Å². The molecule has 3 heterocycles. The van der Waals surface area contributed by atoms with E-state index in [4.69, 9.17) is 4.74 Å². The molecule has 3 aliphatic rings. The highest BCUT2D eigenvalue weighted by molar-refractivity contribution is 6.24. The van der Waals surface area contributed by atoms with E-state index in [0.29, 0.717) is 28.0 Å². The number of nitrogens with one attached hydrogen (secondary N) is 1. The minimum Gasteiger partial charge on any atom is -0.447 e. The number of nitro groups is 1. The van der Waals surface area contributed by atoms with Crippen molar-refractivity contribution in [3.63, 3.8) is 0 Å². The van der Waals surface area contributed by atoms with Gasteiger partial charge in [0.25, 0.3) is 5.69 Å². The largest absolute Gasteiger partial charge is 0.447 e. The van der Waals surface area contributed by atoms with Gasteiger partial charge >= 0.3 is 6.09 Å². The molecule has 0 unspecified atom stereocenters. The third-order valence-electron chi connectivity index (χ3n) is 8.26. The summed E-state index contributed by atoms with van der Waals surface area (Å²) in [5, 5.41) is 12.4. The van der Waals surface area contributed by atoms with Crippen LogP contribution in [0.1, 0.15) is 28.7 Å². The van der Waals surface area contributed by atoms with Crippen molar-refractivity contribution in [2.24, 2.45) is 11.8 Å². The van der Waals surface area contributed by atoms with Crippen LogP contribution in [0.3, 0.4) is 0 Å². The van der Waals surface area contributed by atoms with E-state index in [-0.39, 0.29) is 18.8 Å². The van der Waals surface area contributed by atoms with Gasteiger partial charge in [-0.3, -0.25) is 24.5 Å². The number of nitro benzene ring substituents is 1. The number of imide groups is 2. The van der Waals surface area contributed by atoms with Gasteiger partial charge in [-0.15, -0.1) is 0 Å². The zero-order valence-corrected chi connectivity index (χ0v) is 21.4. The number of amides is 4. The number of fused-ring (bicyclic) bond motifs is 4. The summed E-state index contributed by atoms with van der Waals surface area (Å²) in [6.45, 7) is 0.0598. The Balaban J connectivity index is 1.51. The first-order valence-corrected chi connectivity index (χ1v) is 13.1. The molecule has 3 aromatic carbocycles. The maximum atomic E-state index is 14.3. The summed E-state index contributed by atoms with van der Waals surface area (Å²) in [4.78, 5) is 71.8. The first-order valence-electron chi connectivity index (χ1n) is 13.1. The van der Waals surface area contributed by atoms with Crippen LogP contribution in [0.25, 0.3) is 10.9 Å². The number of hydrogen-bond acceptors (Lipinski definition) is 7. The van der Waals surface area contributed by atoms with Crippen LogP contribution in [0.5, 0.6) is 0 Å². The number of aromatic nitrogens is 1. The normalized spacial score (nSPS) is 23.5. The summed E-state index contributed by atoms with van der Waals surface area (Å²) in [5.41, 5.74) is 2.36. The topological polar surface area (TPSA) is 143 Å². The lowest BCUT2D eigenvalue weighted by Crippen LogP contribution is -2.45. The van der Waals surface area contributed by atoms with Crippen LogP contribution in [0.15, 0.2) is 78.9 Å². The number of para-hydroxylation sites is 2. The van der Waals surface area contributed by atoms with Gasteiger partial charge in [0.2, 0.25) is 17.7 Å². The lowest BCUT2D eigenvalue weighted by molar-refractivity contribution is -0.384. The van der Waals surface area contributed by atoms with Crippen molar-refractivity contribution in [2.45, 2.75) is 11.8 Å². The van der Waals surface area contributed by atoms with E-state index >= 15 is 0 Å². The van der Waals surface area contributed by atoms with Crippen molar-refractivity contribution >= 4 is 46.1 Å². The fraction of sp³-hybridized carbons (Fsp3) is 0.200. The molecule has 11 heteroatoms. The molecule has 0 spiro atoms. The summed E-state index contributed by atoms with van der Waals surface area (Å²) in [6, 6.07) is 21.8. The molecule has 0 bridgehead atoms. The Labute approximate surface area is 232 Å². The second kappa shape index (κ2) is 9.12. The Bertz CT molecular complexity index is 1780. The average molecular weight is 551 g/mol. The fourth-order valence-corrected chi connectivity index (χ4v) is 6.61. The molecule has 2 aliphatic heterocycles. The molecule has 11 nitrogen and oxygen atoms in total. The second-order valence-electron chi connectivity index (χ2n) is 10.3. The number of rotatable bonds is 4. The van der Waals surface area contributed by atoms with Crippen molar-refractivity contribution in [3.05, 3.63) is 106 Å². The highest BCUT2D eigenvalue weighted by Gasteiger charge is 2.62. The summed E-state index contributed by atoms with van der Waals surface area (Å²) in [5.74, 6) is -5.93. The van der Waals surface area contributed by atoms with Gasteiger partial charge in [0.1, 0.15) is 6.61 Å². The Hall–Kier alpha value is -5.32. The van der Waals surface area contributed by atoms with Crippen molar-refractivity contribution in [2.75, 3.05) is 18.1 Å². The lowest BCUT2D eigenvalue weighted by Gasteiger charge is -2.37. The van der Waals surface area contributed by atoms with Gasteiger partial charge < -0.3 is 9.72 Å². The van der Waals surface area contributed by atoms with Crippen LogP contribution in [0, 0.1) is 22.0 Å². The molecular formula is C30H22N4O7. The number of aromatic amines is 1. The van der Waals surface area contributed by atoms with E-state index in [9.17, 15) is 29.3 Å². The Morgan fingerprint density at radius 3 is 2.39 bits per heavy atom. The second-order valence-corrected chi connectivity index (χ2v) is 10.3. The van der Waals surface area contributed by atoms with Gasteiger partial charge in [-0.05, 0) is 29.3 Å². The molecular weight excluding hydrogens is 528 g/mol. The molecule has 2 fully saturated rings. The van der Waals surface area contributed by atoms with Gasteiger partial charge in [-0.1, -0.05) is 48.5 Å². The predicted molar refractivity (Wildman–Crippen MR) is 145 cm³/mol. The average Bonchev–Trinajstić information content (AvgIpc) is 3.66. The molecule has 4 amide bonds. The summed E-state index contributed by atoms with van der Waals surface area (Å²) >= 11 is 0. The molecule has 7 rings (SSSR count). The molecule has 2 saturated heterocycles. The molecule has 1 aromatic heterocycles. The lowest BCUT2D eigenvalue weighted by atomic mass is 9.64. The van der Waals surface area contributed by atoms with Gasteiger partial charge in [0.15, 0.2) is 0 Å². The molecule has 41 heavy (non-hydrogen) atoms. The monoisotopic (exact) mass is 550 g/mol. The standard InChI is InChI=1S/C30H22N4O7/c35-27(32-13-14-41-30(32)38)25-24-23(28(36)33(29(24)37)17-8-2-1-3-9-17)21(16-7-6-10-18(15-16)34(39)40)22-19-11-4-5-12-20(19)31-26(22)25/h1-12,15,21,23-25,31H,13-14H2/t21-,23-,24-,25+/m1/s1. The van der Waals surface area contributed by atoms with Gasteiger partial charge in [-0.2, -0.15) is 0 Å². The molecule has 1 aliphatic carbocycles. The summed E-state index contributed by atoms with van der Waals surface area (Å²) < 4.78 is 5.03. The predicted octanol–water partition coefficient (Wildman–Crippen LogP) is 4.09. The molecule has 0 radical (unpaired) electrons. The maximum absolute atomic E-state index is 14.3. The van der Waals surface area contributed by atoms with Crippen LogP contribution in [0.2, 0.25) is 0 Å². The van der Waals surface area contributed by atoms with Gasteiger partial charge in [0.05, 0.1) is 34.9 Å². The van der Waals surface area contributed by atoms with E-state index in [1.807, 2.05) is 24.3 Å². The Morgan fingerprint density at radius 1 is 0.927 bits per heavy atom. The van der Waals surface area contributed by atoms with E-state index in [2.05, 4.69) is 4.98 Å². The number of H-pyrrole nitrogens is 1. The van der Waals surface area contributed by atoms with Crippen LogP contribution < -0.4 is 4.90 Å². The highest BCUT2D eigenvalue weighted by Crippen LogP contribution is 2.56. The number of ether oxygens (including phenoxy) is 1. The molecule has 0 saturated carbocycles. The first kappa shape index (κ1) is 24.7. The first-order chi connectivity index (χ1) is 19.9. The van der Waals surface area contributed by atoms with E-state index < -0.39 is 52.4 Å². The van der Waals surface area contributed by atoms with Crippen molar-refractivity contribution in [1.29, 1.82) is 0 Å². The van der Waals surface area contributed by atoms with Gasteiger partial charge in [0, 0.05) is 34.6 Å². The number of carbonyl (C=O) groups excluding carboxylic acids is 4. The van der Waals surface area contributed by atoms with E-state index in [1.165, 1.54) is 12.1 Å². The maximum Gasteiger partial charge on any atom is 0.416 e. The van der Waals surface area contributed by atoms with Crippen LogP contribution >= 0.6 is 0 Å². The zero-order valence-electron chi connectivity index (χ0n) is 21.4. The number of hydrogen-bond donors (Lipinski definition) is 1. The van der Waals surface area contributed by atoms with E-state index in [1.54, 1.807) is 42.5 Å². The molecule has 204 valence electrons. The minimum absolute atomic E-state index is 0.0277. The van der Waals surface area contributed by atoms with Crippen LogP contribution in [-0.4, -0.2) is 51.8 Å². The Kier molecular flexibility index (Phi) is 5.49. The smallest absolute Gasteiger partial charge is 0.416 e. The SMILES string of the molecule is O=C1OCCN1C(=O)[C@@H]1c2[nH]c3ccccc3c2[C@@H](c2cccc([N+](=O)[O-])c2)[C@H]2C(=O)N(c3ccccc3)C(=O)[C@H]21. The molecule has 1 N–H and O–H groups in total. The number of nitrogens with zero attached hydrogens (tertiary/aromatic N) is 3. The van der Waals surface area contributed by atoms with Crippen molar-refractivity contribution in [3.8, 4) is 0 Å². The summed E-state index contributed by atoms with van der Waals surface area (Å²) in [7, 11) is 0. The quantitative estimate of drug-likeness (QED) is 0.229. The van der Waals surface area contributed by atoms with Crippen molar-refractivity contribution in [1.82, 2.24) is 9.88 Å². The minimum atomic E-state index is -1.19. The number of anilines is 1. The number of cyclic esters (lactones) is 1. The van der Waals surface area contributed by atoms with Gasteiger partial charge in [-0.25, -0.2) is 14.6 Å². The molecule has 4 atom stereocenters. The third kappa shape index (κ3) is 3.58. The van der Waals surface area contributed by atoms with Crippen molar-refractivity contribution < 1.29 is 28.8 Å². The molecule has 4 aromatic rings. The highest BCUT2D eigenvalue weighted by atomic mass is 16.6. The number of benzene rings is 3. The summed E-state index contributed by atoms with van der Waals surface area (Å²) in [6.07, 6.45) is -0.804. The fourth-order valence-electron chi connectivity index (χ4n) is 6.61. The third-order valence-corrected chi connectivity index (χ3v) is 8.26. The van der Waals surface area contributed by atoms with Crippen LogP contribution in [-0.2, 0) is 19.1 Å². The number of carbonyl (C=O) groups is 4.